The molecule has 0 aliphatic carbocycles. The summed E-state index contributed by atoms with van der Waals surface area (Å²) in [5.74, 6) is 0.331. The zero-order chi connectivity index (χ0) is 14.7. The van der Waals surface area contributed by atoms with Crippen molar-refractivity contribution in [3.8, 4) is 5.75 Å². The molecule has 0 fully saturated rings. The van der Waals surface area contributed by atoms with Gasteiger partial charge in [-0.1, -0.05) is 22.0 Å². The molecule has 0 saturated carbocycles. The van der Waals surface area contributed by atoms with Crippen LogP contribution < -0.4 is 15.8 Å². The van der Waals surface area contributed by atoms with Crippen LogP contribution in [0, 0.1) is 6.92 Å². The number of carbonyl (C=O) groups excluding carboxylic acids is 1. The lowest BCUT2D eigenvalue weighted by Gasteiger charge is -2.11. The number of methoxy groups -OCH3 is 1. The summed E-state index contributed by atoms with van der Waals surface area (Å²) in [5, 5.41) is 2.87. The van der Waals surface area contributed by atoms with Crippen molar-refractivity contribution in [1.82, 2.24) is 0 Å². The molecule has 2 rings (SSSR count). The van der Waals surface area contributed by atoms with Crippen LogP contribution in [0.1, 0.15) is 15.9 Å². The fraction of sp³-hybridized carbons (Fsp3) is 0.133. The van der Waals surface area contributed by atoms with Gasteiger partial charge in [-0.15, -0.1) is 0 Å². The van der Waals surface area contributed by atoms with Gasteiger partial charge in [0.05, 0.1) is 7.11 Å². The second-order valence-corrected chi connectivity index (χ2v) is 5.22. The Labute approximate surface area is 126 Å². The summed E-state index contributed by atoms with van der Waals surface area (Å²) in [4.78, 5) is 12.3. The Morgan fingerprint density at radius 1 is 1.30 bits per heavy atom. The molecular weight excluding hydrogens is 320 g/mol. The van der Waals surface area contributed by atoms with Crippen LogP contribution in [0.3, 0.4) is 0 Å². The topological polar surface area (TPSA) is 64.3 Å². The van der Waals surface area contributed by atoms with Gasteiger partial charge < -0.3 is 15.8 Å². The van der Waals surface area contributed by atoms with E-state index in [1.54, 1.807) is 18.2 Å². The van der Waals surface area contributed by atoms with Gasteiger partial charge in [-0.25, -0.2) is 0 Å². The first-order valence-electron chi connectivity index (χ1n) is 6.02. The van der Waals surface area contributed by atoms with Gasteiger partial charge in [-0.2, -0.15) is 0 Å². The van der Waals surface area contributed by atoms with E-state index in [0.29, 0.717) is 17.0 Å². The third-order valence-corrected chi connectivity index (χ3v) is 3.80. The summed E-state index contributed by atoms with van der Waals surface area (Å²) in [6.07, 6.45) is 0. The summed E-state index contributed by atoms with van der Waals surface area (Å²) < 4.78 is 6.06. The molecule has 0 saturated heterocycles. The molecule has 5 heteroatoms. The highest BCUT2D eigenvalue weighted by atomic mass is 79.9. The summed E-state index contributed by atoms with van der Waals surface area (Å²) in [5.41, 5.74) is 8.42. The van der Waals surface area contributed by atoms with Gasteiger partial charge >= 0.3 is 0 Å². The number of amides is 1. The maximum Gasteiger partial charge on any atom is 0.255 e. The maximum atomic E-state index is 12.3. The average Bonchev–Trinajstić information content (AvgIpc) is 2.43. The molecule has 0 bridgehead atoms. The van der Waals surface area contributed by atoms with Crippen LogP contribution in [0.25, 0.3) is 0 Å². The van der Waals surface area contributed by atoms with Crippen LogP contribution in [0.2, 0.25) is 0 Å². The Bertz CT molecular complexity index is 656. The van der Waals surface area contributed by atoms with Crippen LogP contribution in [-0.4, -0.2) is 13.0 Å². The van der Waals surface area contributed by atoms with Crippen LogP contribution in [0.4, 0.5) is 11.4 Å². The van der Waals surface area contributed by atoms with E-state index in [9.17, 15) is 4.79 Å². The SMILES string of the molecule is COc1cc(N)cc(C(=O)Nc2cccc(Br)c2C)c1. The van der Waals surface area contributed by atoms with E-state index in [2.05, 4.69) is 21.2 Å². The first-order valence-corrected chi connectivity index (χ1v) is 6.81. The lowest BCUT2D eigenvalue weighted by atomic mass is 10.1. The monoisotopic (exact) mass is 334 g/mol. The van der Waals surface area contributed by atoms with Crippen molar-refractivity contribution >= 4 is 33.2 Å². The summed E-state index contributed by atoms with van der Waals surface area (Å²) in [6.45, 7) is 1.93. The Kier molecular flexibility index (Phi) is 4.29. The van der Waals surface area contributed by atoms with Gasteiger partial charge in [-0.05, 0) is 36.8 Å². The molecule has 104 valence electrons. The van der Waals surface area contributed by atoms with Gasteiger partial charge in [0.2, 0.25) is 0 Å². The van der Waals surface area contributed by atoms with Crippen LogP contribution in [0.5, 0.6) is 5.75 Å². The molecule has 0 spiro atoms. The van der Waals surface area contributed by atoms with E-state index in [1.807, 2.05) is 25.1 Å². The van der Waals surface area contributed by atoms with Crippen molar-refractivity contribution in [3.05, 3.63) is 52.0 Å². The smallest absolute Gasteiger partial charge is 0.255 e. The minimum atomic E-state index is -0.225. The van der Waals surface area contributed by atoms with Gasteiger partial charge in [0.15, 0.2) is 0 Å². The van der Waals surface area contributed by atoms with E-state index in [4.69, 9.17) is 10.5 Å². The van der Waals surface area contributed by atoms with E-state index in [-0.39, 0.29) is 5.91 Å². The number of hydrogen-bond donors (Lipinski definition) is 2. The van der Waals surface area contributed by atoms with E-state index in [1.165, 1.54) is 7.11 Å². The molecule has 0 atom stereocenters. The molecule has 0 aromatic heterocycles. The highest BCUT2D eigenvalue weighted by Crippen LogP contribution is 2.25. The number of nitrogen functional groups attached to an aromatic ring is 1. The third kappa shape index (κ3) is 3.11. The number of anilines is 2. The summed E-state index contributed by atoms with van der Waals surface area (Å²) in [6, 6.07) is 10.6. The molecule has 0 aliphatic heterocycles. The van der Waals surface area contributed by atoms with Crippen molar-refractivity contribution in [3.63, 3.8) is 0 Å². The van der Waals surface area contributed by atoms with Crippen LogP contribution in [-0.2, 0) is 0 Å². The first-order chi connectivity index (χ1) is 9.51. The molecule has 1 amide bonds. The minimum absolute atomic E-state index is 0.225. The van der Waals surface area contributed by atoms with Crippen molar-refractivity contribution in [2.75, 3.05) is 18.2 Å². The van der Waals surface area contributed by atoms with E-state index in [0.717, 1.165) is 15.7 Å². The maximum absolute atomic E-state index is 12.3. The number of halogens is 1. The van der Waals surface area contributed by atoms with Crippen molar-refractivity contribution in [1.29, 1.82) is 0 Å². The molecule has 0 aliphatic rings. The zero-order valence-corrected chi connectivity index (χ0v) is 12.8. The van der Waals surface area contributed by atoms with Crippen molar-refractivity contribution < 1.29 is 9.53 Å². The highest BCUT2D eigenvalue weighted by Gasteiger charge is 2.11. The van der Waals surface area contributed by atoms with E-state index >= 15 is 0 Å². The molecule has 20 heavy (non-hydrogen) atoms. The van der Waals surface area contributed by atoms with Crippen LogP contribution >= 0.6 is 15.9 Å². The second kappa shape index (κ2) is 5.96. The van der Waals surface area contributed by atoms with E-state index < -0.39 is 0 Å². The summed E-state index contributed by atoms with van der Waals surface area (Å²) >= 11 is 3.44. The number of nitrogens with one attached hydrogen (secondary N) is 1. The lowest BCUT2D eigenvalue weighted by Crippen LogP contribution is -2.13. The molecule has 0 radical (unpaired) electrons. The molecular formula is C15H15BrN2O2. The Morgan fingerprint density at radius 2 is 2.05 bits per heavy atom. The molecule has 0 heterocycles. The number of carbonyl (C=O) groups is 1. The Hall–Kier alpha value is -2.01. The van der Waals surface area contributed by atoms with Gasteiger partial charge in [-0.3, -0.25) is 4.79 Å². The predicted octanol–water partition coefficient (Wildman–Crippen LogP) is 3.60. The Balaban J connectivity index is 2.28. The fourth-order valence-corrected chi connectivity index (χ4v) is 2.17. The molecule has 0 unspecified atom stereocenters. The lowest BCUT2D eigenvalue weighted by molar-refractivity contribution is 0.102. The predicted molar refractivity (Wildman–Crippen MR) is 84.2 cm³/mol. The number of rotatable bonds is 3. The molecule has 2 aromatic rings. The quantitative estimate of drug-likeness (QED) is 0.843. The number of hydrogen-bond acceptors (Lipinski definition) is 3. The normalized spacial score (nSPS) is 10.2. The van der Waals surface area contributed by atoms with Crippen molar-refractivity contribution in [2.45, 2.75) is 6.92 Å². The third-order valence-electron chi connectivity index (χ3n) is 2.94. The average molecular weight is 335 g/mol. The van der Waals surface area contributed by atoms with Crippen molar-refractivity contribution in [2.24, 2.45) is 0 Å². The largest absolute Gasteiger partial charge is 0.497 e. The molecule has 3 N–H and O–H groups in total. The number of ether oxygens (including phenoxy) is 1. The van der Waals surface area contributed by atoms with Gasteiger partial charge in [0, 0.05) is 27.5 Å². The number of nitrogens with two attached hydrogens (primary N) is 1. The molecule has 4 nitrogen and oxygen atoms in total. The first kappa shape index (κ1) is 14.4. The fourth-order valence-electron chi connectivity index (χ4n) is 1.81. The highest BCUT2D eigenvalue weighted by molar-refractivity contribution is 9.10. The number of benzene rings is 2. The summed E-state index contributed by atoms with van der Waals surface area (Å²) in [7, 11) is 1.54. The Morgan fingerprint density at radius 3 is 2.75 bits per heavy atom. The standard InChI is InChI=1S/C15H15BrN2O2/c1-9-13(16)4-3-5-14(9)18-15(19)10-6-11(17)8-12(7-10)20-2/h3-8H,17H2,1-2H3,(H,18,19). The van der Waals surface area contributed by atoms with Gasteiger partial charge in [0.25, 0.3) is 5.91 Å². The molecule has 2 aromatic carbocycles. The zero-order valence-electron chi connectivity index (χ0n) is 11.2. The minimum Gasteiger partial charge on any atom is -0.497 e. The van der Waals surface area contributed by atoms with Gasteiger partial charge in [0.1, 0.15) is 5.75 Å². The van der Waals surface area contributed by atoms with Crippen LogP contribution in [0.15, 0.2) is 40.9 Å². The second-order valence-electron chi connectivity index (χ2n) is 4.36.